The predicted octanol–water partition coefficient (Wildman–Crippen LogP) is 3.68. The van der Waals surface area contributed by atoms with Crippen LogP contribution in [-0.2, 0) is 4.79 Å². The molecule has 2 heterocycles. The van der Waals surface area contributed by atoms with Crippen molar-refractivity contribution in [2.75, 3.05) is 26.8 Å². The molecule has 192 valence electrons. The normalized spacial score (nSPS) is 15.1. The summed E-state index contributed by atoms with van der Waals surface area (Å²) in [4.78, 5) is 34.7. The minimum atomic E-state index is -0.671. The molecule has 8 heteroatoms. The van der Waals surface area contributed by atoms with Gasteiger partial charge in [-0.1, -0.05) is 60.4 Å². The molecule has 0 unspecified atom stereocenters. The van der Waals surface area contributed by atoms with E-state index in [1.807, 2.05) is 75.4 Å². The molecule has 1 atom stereocenters. The van der Waals surface area contributed by atoms with E-state index in [1.165, 1.54) is 11.3 Å². The van der Waals surface area contributed by atoms with Crippen molar-refractivity contribution in [2.24, 2.45) is 4.99 Å². The van der Waals surface area contributed by atoms with Gasteiger partial charge in [0.05, 0.1) is 22.9 Å². The number of para-hydroxylation sites is 2. The number of carbonyl (C=O) groups excluding carboxylic acids is 1. The Balaban J connectivity index is 1.97. The molecular weight excluding hydrogens is 486 g/mol. The summed E-state index contributed by atoms with van der Waals surface area (Å²) in [5.41, 5.74) is 2.35. The van der Waals surface area contributed by atoms with Crippen LogP contribution in [0, 0.1) is 0 Å². The van der Waals surface area contributed by atoms with E-state index in [0.717, 1.165) is 11.1 Å². The molecule has 0 spiro atoms. The van der Waals surface area contributed by atoms with Gasteiger partial charge in [0.2, 0.25) is 0 Å². The summed E-state index contributed by atoms with van der Waals surface area (Å²) in [6.07, 6.45) is 3.49. The maximum atomic E-state index is 13.9. The molecule has 0 fully saturated rings. The van der Waals surface area contributed by atoms with Crippen molar-refractivity contribution in [1.29, 1.82) is 0 Å². The van der Waals surface area contributed by atoms with E-state index in [-0.39, 0.29) is 11.5 Å². The second-order valence-corrected chi connectivity index (χ2v) is 9.45. The zero-order valence-corrected chi connectivity index (χ0v) is 22.4. The van der Waals surface area contributed by atoms with Crippen LogP contribution in [0.1, 0.15) is 37.9 Å². The number of likely N-dealkylation sites (N-methyl/N-ethyl adjacent to an activating group) is 1. The van der Waals surface area contributed by atoms with Gasteiger partial charge in [-0.2, -0.15) is 0 Å². The highest BCUT2D eigenvalue weighted by molar-refractivity contribution is 7.07. The van der Waals surface area contributed by atoms with Crippen molar-refractivity contribution in [1.82, 2.24) is 9.47 Å². The summed E-state index contributed by atoms with van der Waals surface area (Å²) >= 11 is 1.29. The fraction of sp³-hybridized carbons (Fsp3) is 0.276. The van der Waals surface area contributed by atoms with Gasteiger partial charge in [-0.05, 0) is 39.0 Å². The number of benzene rings is 2. The summed E-state index contributed by atoms with van der Waals surface area (Å²) in [6, 6.07) is 14.4. The van der Waals surface area contributed by atoms with Crippen molar-refractivity contribution >= 4 is 23.3 Å². The van der Waals surface area contributed by atoms with Gasteiger partial charge < -0.3 is 14.4 Å². The van der Waals surface area contributed by atoms with E-state index in [4.69, 9.17) is 14.5 Å². The molecule has 0 bridgehead atoms. The number of amides is 1. The molecule has 0 saturated heterocycles. The highest BCUT2D eigenvalue weighted by atomic mass is 32.1. The highest BCUT2D eigenvalue weighted by Crippen LogP contribution is 2.36. The van der Waals surface area contributed by atoms with Crippen LogP contribution in [-0.4, -0.2) is 42.2 Å². The molecule has 1 aromatic heterocycles. The van der Waals surface area contributed by atoms with E-state index in [2.05, 4.69) is 6.58 Å². The van der Waals surface area contributed by atoms with Crippen LogP contribution in [0.15, 0.2) is 82.2 Å². The van der Waals surface area contributed by atoms with Crippen molar-refractivity contribution in [2.45, 2.75) is 26.8 Å². The van der Waals surface area contributed by atoms with E-state index in [9.17, 15) is 9.59 Å². The van der Waals surface area contributed by atoms with Crippen LogP contribution in [0.4, 0.5) is 0 Å². The van der Waals surface area contributed by atoms with Gasteiger partial charge in [-0.3, -0.25) is 14.2 Å². The number of thiazole rings is 1. The van der Waals surface area contributed by atoms with Crippen LogP contribution >= 0.6 is 11.3 Å². The third kappa shape index (κ3) is 5.02. The number of carbonyl (C=O) groups is 1. The lowest BCUT2D eigenvalue weighted by Gasteiger charge is -2.29. The Morgan fingerprint density at radius 3 is 2.49 bits per heavy atom. The van der Waals surface area contributed by atoms with Gasteiger partial charge in [-0.25, -0.2) is 4.99 Å². The third-order valence-corrected chi connectivity index (χ3v) is 7.28. The number of ether oxygens (including phenoxy) is 2. The summed E-state index contributed by atoms with van der Waals surface area (Å²) in [7, 11) is 1.59. The average Bonchev–Trinajstić information content (AvgIpc) is 3.22. The quantitative estimate of drug-likeness (QED) is 0.406. The molecule has 1 aliphatic rings. The standard InChI is InChI=1S/C29H31N3O4S/c1-6-17-36-22-15-11-9-13-20(22)18-24-27(33)32-26(21-14-10-12-16-23(21)35-5)25(19(4)30-29(32)37-24)28(34)31(7-2)8-3/h6,9-16,18,26H,1,7-8,17H2,2-5H3/b24-18+/t26-/m1/s1. The number of rotatable bonds is 9. The molecule has 1 aliphatic heterocycles. The van der Waals surface area contributed by atoms with Gasteiger partial charge in [0.25, 0.3) is 11.5 Å². The van der Waals surface area contributed by atoms with Gasteiger partial charge in [0.1, 0.15) is 24.1 Å². The molecule has 7 nitrogen and oxygen atoms in total. The number of aromatic nitrogens is 1. The lowest BCUT2D eigenvalue weighted by atomic mass is 9.94. The topological polar surface area (TPSA) is 73.1 Å². The minimum absolute atomic E-state index is 0.139. The number of methoxy groups -OCH3 is 1. The molecule has 0 radical (unpaired) electrons. The Hall–Kier alpha value is -3.91. The Kier molecular flexibility index (Phi) is 8.08. The molecule has 1 amide bonds. The van der Waals surface area contributed by atoms with Gasteiger partial charge in [0, 0.05) is 24.2 Å². The summed E-state index contributed by atoms with van der Waals surface area (Å²) in [6.45, 7) is 10.9. The Labute approximate surface area is 220 Å². The monoisotopic (exact) mass is 517 g/mol. The molecule has 4 rings (SSSR count). The maximum Gasteiger partial charge on any atom is 0.271 e. The molecule has 37 heavy (non-hydrogen) atoms. The van der Waals surface area contributed by atoms with E-state index in [0.29, 0.717) is 51.8 Å². The smallest absolute Gasteiger partial charge is 0.271 e. The highest BCUT2D eigenvalue weighted by Gasteiger charge is 2.35. The summed E-state index contributed by atoms with van der Waals surface area (Å²) < 4.78 is 13.6. The fourth-order valence-electron chi connectivity index (χ4n) is 4.48. The van der Waals surface area contributed by atoms with Crippen LogP contribution in [0.25, 0.3) is 6.08 Å². The van der Waals surface area contributed by atoms with Crippen molar-refractivity contribution < 1.29 is 14.3 Å². The zero-order valence-electron chi connectivity index (χ0n) is 21.6. The Morgan fingerprint density at radius 1 is 1.14 bits per heavy atom. The zero-order chi connectivity index (χ0) is 26.5. The molecular formula is C29H31N3O4S. The lowest BCUT2D eigenvalue weighted by Crippen LogP contribution is -2.43. The van der Waals surface area contributed by atoms with Crippen molar-refractivity contribution in [3.63, 3.8) is 0 Å². The fourth-order valence-corrected chi connectivity index (χ4v) is 5.52. The van der Waals surface area contributed by atoms with Crippen LogP contribution in [0.2, 0.25) is 0 Å². The molecule has 3 aromatic rings. The van der Waals surface area contributed by atoms with Crippen molar-refractivity contribution in [3.05, 3.63) is 103 Å². The number of fused-ring (bicyclic) bond motifs is 1. The van der Waals surface area contributed by atoms with Gasteiger partial charge >= 0.3 is 0 Å². The average molecular weight is 518 g/mol. The van der Waals surface area contributed by atoms with Crippen LogP contribution < -0.4 is 24.4 Å². The first-order valence-corrected chi connectivity index (χ1v) is 13.0. The van der Waals surface area contributed by atoms with Crippen LogP contribution in [0.5, 0.6) is 11.5 Å². The summed E-state index contributed by atoms with van der Waals surface area (Å²) in [5, 5.41) is 0. The number of nitrogens with zero attached hydrogens (tertiary/aromatic N) is 3. The first-order chi connectivity index (χ1) is 17.9. The first kappa shape index (κ1) is 26.2. The van der Waals surface area contributed by atoms with Crippen LogP contribution in [0.3, 0.4) is 0 Å². The number of hydrogen-bond donors (Lipinski definition) is 0. The molecule has 0 saturated carbocycles. The second-order valence-electron chi connectivity index (χ2n) is 8.44. The first-order valence-electron chi connectivity index (χ1n) is 12.2. The predicted molar refractivity (Wildman–Crippen MR) is 147 cm³/mol. The number of allylic oxidation sites excluding steroid dienone is 1. The lowest BCUT2D eigenvalue weighted by molar-refractivity contribution is -0.127. The molecule has 0 N–H and O–H groups in total. The Bertz CT molecular complexity index is 1530. The Morgan fingerprint density at radius 2 is 1.81 bits per heavy atom. The molecule has 2 aromatic carbocycles. The van der Waals surface area contributed by atoms with E-state index < -0.39 is 6.04 Å². The SMILES string of the molecule is C=CCOc1ccccc1/C=c1/sc2n(c1=O)[C@H](c1ccccc1OC)C(C(=O)N(CC)CC)=C(C)N=2. The third-order valence-electron chi connectivity index (χ3n) is 6.30. The number of hydrogen-bond acceptors (Lipinski definition) is 6. The maximum absolute atomic E-state index is 13.9. The second kappa shape index (κ2) is 11.4. The van der Waals surface area contributed by atoms with E-state index in [1.54, 1.807) is 22.7 Å². The van der Waals surface area contributed by atoms with Crippen molar-refractivity contribution in [3.8, 4) is 11.5 Å². The molecule has 0 aliphatic carbocycles. The van der Waals surface area contributed by atoms with E-state index >= 15 is 0 Å². The minimum Gasteiger partial charge on any atom is -0.496 e. The summed E-state index contributed by atoms with van der Waals surface area (Å²) in [5.74, 6) is 1.12. The van der Waals surface area contributed by atoms with Gasteiger partial charge in [0.15, 0.2) is 4.80 Å². The van der Waals surface area contributed by atoms with Gasteiger partial charge in [-0.15, -0.1) is 0 Å². The largest absolute Gasteiger partial charge is 0.496 e.